The van der Waals surface area contributed by atoms with E-state index in [-0.39, 0.29) is 11.9 Å². The van der Waals surface area contributed by atoms with Gasteiger partial charge in [0, 0.05) is 0 Å². The maximum absolute atomic E-state index is 12.1. The van der Waals surface area contributed by atoms with E-state index in [1.54, 1.807) is 12.1 Å². The molecule has 0 saturated carbocycles. The van der Waals surface area contributed by atoms with Crippen molar-refractivity contribution in [3.8, 4) is 0 Å². The zero-order valence-corrected chi connectivity index (χ0v) is 11.3. The minimum Gasteiger partial charge on any atom is -0.323 e. The molecule has 0 aliphatic carbocycles. The molecular weight excluding hydrogens is 250 g/mol. The topological polar surface area (TPSA) is 54.0 Å². The highest BCUT2D eigenvalue weighted by molar-refractivity contribution is 6.29. The fraction of sp³-hybridized carbons (Fsp3) is 0.538. The van der Waals surface area contributed by atoms with E-state index in [0.29, 0.717) is 5.15 Å². The van der Waals surface area contributed by atoms with Crippen LogP contribution in [0.5, 0.6) is 0 Å². The molecule has 2 heterocycles. The highest BCUT2D eigenvalue weighted by atomic mass is 35.5. The molecule has 1 atom stereocenters. The minimum atomic E-state index is -0.0948. The maximum Gasteiger partial charge on any atom is 0.241 e. The standard InChI is InChI=1S/C13H18ClN3O/c1-9-10(6-7-12(14)16-9)17-13(18)11-5-3-2-4-8-15-11/h6-7,11,15H,2-5,8H2,1H3,(H,17,18). The summed E-state index contributed by atoms with van der Waals surface area (Å²) in [6.07, 6.45) is 4.33. The molecule has 2 N–H and O–H groups in total. The Labute approximate surface area is 112 Å². The molecule has 1 aromatic rings. The summed E-state index contributed by atoms with van der Waals surface area (Å²) in [7, 11) is 0. The van der Waals surface area contributed by atoms with Gasteiger partial charge in [0.1, 0.15) is 5.15 Å². The first-order valence-corrected chi connectivity index (χ1v) is 6.72. The van der Waals surface area contributed by atoms with E-state index in [1.165, 1.54) is 6.42 Å². The van der Waals surface area contributed by atoms with Gasteiger partial charge in [-0.3, -0.25) is 4.79 Å². The van der Waals surface area contributed by atoms with Crippen molar-refractivity contribution in [3.05, 3.63) is 23.0 Å². The van der Waals surface area contributed by atoms with Gasteiger partial charge in [-0.15, -0.1) is 0 Å². The number of carbonyl (C=O) groups is 1. The zero-order valence-electron chi connectivity index (χ0n) is 10.5. The molecule has 1 aromatic heterocycles. The van der Waals surface area contributed by atoms with Gasteiger partial charge in [0.25, 0.3) is 0 Å². The Kier molecular flexibility index (Phi) is 4.55. The Balaban J connectivity index is 2.01. The lowest BCUT2D eigenvalue weighted by atomic mass is 10.1. The fourth-order valence-electron chi connectivity index (χ4n) is 2.13. The number of hydrogen-bond acceptors (Lipinski definition) is 3. The van der Waals surface area contributed by atoms with Crippen LogP contribution in [0.1, 0.15) is 31.4 Å². The molecule has 98 valence electrons. The molecular formula is C13H18ClN3O. The van der Waals surface area contributed by atoms with E-state index in [0.717, 1.165) is 37.2 Å². The van der Waals surface area contributed by atoms with Crippen LogP contribution in [0.25, 0.3) is 0 Å². The predicted molar refractivity (Wildman–Crippen MR) is 72.9 cm³/mol. The summed E-state index contributed by atoms with van der Waals surface area (Å²) in [5, 5.41) is 6.63. The van der Waals surface area contributed by atoms with Gasteiger partial charge in [-0.25, -0.2) is 4.98 Å². The summed E-state index contributed by atoms with van der Waals surface area (Å²) in [4.78, 5) is 16.2. The summed E-state index contributed by atoms with van der Waals surface area (Å²) in [6, 6.07) is 3.38. The Morgan fingerprint density at radius 2 is 2.28 bits per heavy atom. The average Bonchev–Trinajstić information content (AvgIpc) is 2.61. The van der Waals surface area contributed by atoms with Crippen LogP contribution in [0, 0.1) is 6.92 Å². The molecule has 0 aromatic carbocycles. The molecule has 5 heteroatoms. The highest BCUT2D eigenvalue weighted by Gasteiger charge is 2.20. The molecule has 1 aliphatic heterocycles. The number of amides is 1. The molecule has 1 aliphatic rings. The number of anilines is 1. The number of nitrogens with zero attached hydrogens (tertiary/aromatic N) is 1. The van der Waals surface area contributed by atoms with Gasteiger partial charge >= 0.3 is 0 Å². The minimum absolute atomic E-state index is 0.0177. The van der Waals surface area contributed by atoms with Crippen molar-refractivity contribution in [2.45, 2.75) is 38.6 Å². The van der Waals surface area contributed by atoms with Crippen LogP contribution in [-0.2, 0) is 4.79 Å². The number of nitrogens with one attached hydrogen (secondary N) is 2. The van der Waals surface area contributed by atoms with Crippen molar-refractivity contribution in [3.63, 3.8) is 0 Å². The lowest BCUT2D eigenvalue weighted by Crippen LogP contribution is -2.40. The number of pyridine rings is 1. The molecule has 4 nitrogen and oxygen atoms in total. The Bertz CT molecular complexity index is 428. The van der Waals surface area contributed by atoms with Gasteiger partial charge in [-0.2, -0.15) is 0 Å². The van der Waals surface area contributed by atoms with Crippen LogP contribution in [0.4, 0.5) is 5.69 Å². The normalized spacial score (nSPS) is 20.2. The maximum atomic E-state index is 12.1. The van der Waals surface area contributed by atoms with Crippen molar-refractivity contribution >= 4 is 23.2 Å². The number of rotatable bonds is 2. The monoisotopic (exact) mass is 267 g/mol. The number of aryl methyl sites for hydroxylation is 1. The zero-order chi connectivity index (χ0) is 13.0. The van der Waals surface area contributed by atoms with Crippen molar-refractivity contribution in [2.75, 3.05) is 11.9 Å². The average molecular weight is 268 g/mol. The number of halogens is 1. The lowest BCUT2D eigenvalue weighted by Gasteiger charge is -2.16. The van der Waals surface area contributed by atoms with Crippen LogP contribution in [0.15, 0.2) is 12.1 Å². The quantitative estimate of drug-likeness (QED) is 0.810. The van der Waals surface area contributed by atoms with Crippen LogP contribution < -0.4 is 10.6 Å². The van der Waals surface area contributed by atoms with E-state index in [4.69, 9.17) is 11.6 Å². The van der Waals surface area contributed by atoms with Gasteiger partial charge in [-0.05, 0) is 38.4 Å². The largest absolute Gasteiger partial charge is 0.323 e. The number of hydrogen-bond donors (Lipinski definition) is 2. The summed E-state index contributed by atoms with van der Waals surface area (Å²) in [6.45, 7) is 2.75. The van der Waals surface area contributed by atoms with Gasteiger partial charge in [0.15, 0.2) is 0 Å². The van der Waals surface area contributed by atoms with Crippen LogP contribution in [0.3, 0.4) is 0 Å². The van der Waals surface area contributed by atoms with E-state index in [1.807, 2.05) is 6.92 Å². The van der Waals surface area contributed by atoms with E-state index < -0.39 is 0 Å². The molecule has 0 radical (unpaired) electrons. The lowest BCUT2D eigenvalue weighted by molar-refractivity contribution is -0.118. The van der Waals surface area contributed by atoms with E-state index in [9.17, 15) is 4.79 Å². The van der Waals surface area contributed by atoms with Crippen molar-refractivity contribution < 1.29 is 4.79 Å². The predicted octanol–water partition coefficient (Wildman–Crippen LogP) is 2.51. The third kappa shape index (κ3) is 3.43. The van der Waals surface area contributed by atoms with Crippen molar-refractivity contribution in [1.82, 2.24) is 10.3 Å². The van der Waals surface area contributed by atoms with Gasteiger partial charge in [-0.1, -0.05) is 24.4 Å². The smallest absolute Gasteiger partial charge is 0.241 e. The number of carbonyl (C=O) groups excluding carboxylic acids is 1. The third-order valence-electron chi connectivity index (χ3n) is 3.19. The van der Waals surface area contributed by atoms with Gasteiger partial charge < -0.3 is 10.6 Å². The summed E-state index contributed by atoms with van der Waals surface area (Å²) in [5.74, 6) is 0.0177. The second-order valence-corrected chi connectivity index (χ2v) is 5.00. The van der Waals surface area contributed by atoms with E-state index in [2.05, 4.69) is 15.6 Å². The summed E-state index contributed by atoms with van der Waals surface area (Å²) < 4.78 is 0. The molecule has 1 saturated heterocycles. The Morgan fingerprint density at radius 3 is 3.06 bits per heavy atom. The second kappa shape index (κ2) is 6.16. The second-order valence-electron chi connectivity index (χ2n) is 4.61. The van der Waals surface area contributed by atoms with Crippen LogP contribution >= 0.6 is 11.6 Å². The van der Waals surface area contributed by atoms with Crippen molar-refractivity contribution in [1.29, 1.82) is 0 Å². The third-order valence-corrected chi connectivity index (χ3v) is 3.40. The van der Waals surface area contributed by atoms with Crippen LogP contribution in [0.2, 0.25) is 5.15 Å². The molecule has 1 unspecified atom stereocenters. The first-order chi connectivity index (χ1) is 8.66. The fourth-order valence-corrected chi connectivity index (χ4v) is 2.32. The Morgan fingerprint density at radius 1 is 1.44 bits per heavy atom. The first kappa shape index (κ1) is 13.3. The molecule has 1 amide bonds. The van der Waals surface area contributed by atoms with Gasteiger partial charge in [0.05, 0.1) is 17.4 Å². The summed E-state index contributed by atoms with van der Waals surface area (Å²) in [5.41, 5.74) is 1.47. The molecule has 2 rings (SSSR count). The SMILES string of the molecule is Cc1nc(Cl)ccc1NC(=O)C1CCCCCN1. The van der Waals surface area contributed by atoms with Crippen molar-refractivity contribution in [2.24, 2.45) is 0 Å². The highest BCUT2D eigenvalue weighted by Crippen LogP contribution is 2.17. The first-order valence-electron chi connectivity index (χ1n) is 6.34. The van der Waals surface area contributed by atoms with Crippen LogP contribution in [-0.4, -0.2) is 23.5 Å². The van der Waals surface area contributed by atoms with Gasteiger partial charge in [0.2, 0.25) is 5.91 Å². The molecule has 1 fully saturated rings. The number of aromatic nitrogens is 1. The molecule has 0 bridgehead atoms. The van der Waals surface area contributed by atoms with E-state index >= 15 is 0 Å². The molecule has 0 spiro atoms. The molecule has 18 heavy (non-hydrogen) atoms. The Hall–Kier alpha value is -1.13. The summed E-state index contributed by atoms with van der Waals surface area (Å²) >= 11 is 5.79.